The van der Waals surface area contributed by atoms with Gasteiger partial charge in [0.2, 0.25) is 0 Å². The van der Waals surface area contributed by atoms with Gasteiger partial charge in [0.25, 0.3) is 5.91 Å². The van der Waals surface area contributed by atoms with Crippen molar-refractivity contribution in [3.8, 4) is 0 Å². The van der Waals surface area contributed by atoms with Gasteiger partial charge in [-0.2, -0.15) is 0 Å². The first-order chi connectivity index (χ1) is 9.25. The zero-order chi connectivity index (χ0) is 14.1. The van der Waals surface area contributed by atoms with E-state index in [0.29, 0.717) is 12.1 Å². The van der Waals surface area contributed by atoms with Crippen LogP contribution in [0.1, 0.15) is 35.3 Å². The summed E-state index contributed by atoms with van der Waals surface area (Å²) in [5.74, 6) is -0.0300. The minimum Gasteiger partial charge on any atom is -0.348 e. The van der Waals surface area contributed by atoms with Gasteiger partial charge in [0.05, 0.1) is 0 Å². The van der Waals surface area contributed by atoms with Crippen molar-refractivity contribution in [2.24, 2.45) is 0 Å². The molecule has 0 saturated heterocycles. The van der Waals surface area contributed by atoms with Gasteiger partial charge in [0.1, 0.15) is 0 Å². The Hall–Kier alpha value is -2.09. The fourth-order valence-corrected chi connectivity index (χ4v) is 1.67. The third kappa shape index (κ3) is 4.96. The Morgan fingerprint density at radius 3 is 2.32 bits per heavy atom. The standard InChI is InChI=1S/C15H15NO.C2H6/c1-12-6-5-9-14(10-12)15(17)16-11-13-7-3-2-4-8-13;1-2/h2-10H,11H2,1H3,(H,16,17);1-2H3. The normalized spacial score (nSPS) is 9.21. The van der Waals surface area contributed by atoms with E-state index in [4.69, 9.17) is 0 Å². The molecule has 1 N–H and O–H groups in total. The summed E-state index contributed by atoms with van der Waals surface area (Å²) in [7, 11) is 0. The molecule has 0 radical (unpaired) electrons. The number of amides is 1. The first-order valence-corrected chi connectivity index (χ1v) is 6.64. The molecule has 0 bridgehead atoms. The molecule has 0 unspecified atom stereocenters. The van der Waals surface area contributed by atoms with Gasteiger partial charge in [-0.05, 0) is 24.6 Å². The highest BCUT2D eigenvalue weighted by molar-refractivity contribution is 5.94. The van der Waals surface area contributed by atoms with Gasteiger partial charge >= 0.3 is 0 Å². The van der Waals surface area contributed by atoms with Crippen LogP contribution in [0.5, 0.6) is 0 Å². The summed E-state index contributed by atoms with van der Waals surface area (Å²) in [5.41, 5.74) is 2.91. The Morgan fingerprint density at radius 1 is 1.00 bits per heavy atom. The SMILES string of the molecule is CC.Cc1cccc(C(=O)NCc2ccccc2)c1. The predicted molar refractivity (Wildman–Crippen MR) is 80.1 cm³/mol. The van der Waals surface area contributed by atoms with E-state index in [1.165, 1.54) is 0 Å². The maximum absolute atomic E-state index is 11.9. The van der Waals surface area contributed by atoms with Crippen LogP contribution in [0.25, 0.3) is 0 Å². The first kappa shape index (κ1) is 15.0. The zero-order valence-electron chi connectivity index (χ0n) is 11.8. The Bertz CT molecular complexity index is 506. The number of carbonyl (C=O) groups is 1. The van der Waals surface area contributed by atoms with Crippen LogP contribution in [0.2, 0.25) is 0 Å². The van der Waals surface area contributed by atoms with Crippen LogP contribution in [-0.4, -0.2) is 5.91 Å². The Balaban J connectivity index is 0.000000861. The van der Waals surface area contributed by atoms with Crippen LogP contribution in [-0.2, 0) is 6.54 Å². The van der Waals surface area contributed by atoms with Crippen molar-refractivity contribution in [2.75, 3.05) is 0 Å². The lowest BCUT2D eigenvalue weighted by Crippen LogP contribution is -2.22. The molecule has 100 valence electrons. The number of hydrogen-bond acceptors (Lipinski definition) is 1. The van der Waals surface area contributed by atoms with E-state index in [2.05, 4.69) is 5.32 Å². The van der Waals surface area contributed by atoms with Gasteiger partial charge in [0, 0.05) is 12.1 Å². The van der Waals surface area contributed by atoms with Crippen molar-refractivity contribution < 1.29 is 4.79 Å². The average molecular weight is 255 g/mol. The van der Waals surface area contributed by atoms with E-state index in [1.54, 1.807) is 0 Å². The Kier molecular flexibility index (Phi) is 6.37. The van der Waals surface area contributed by atoms with Crippen molar-refractivity contribution in [3.05, 3.63) is 71.3 Å². The van der Waals surface area contributed by atoms with Crippen LogP contribution >= 0.6 is 0 Å². The highest BCUT2D eigenvalue weighted by Crippen LogP contribution is 2.04. The second-order valence-electron chi connectivity index (χ2n) is 4.04. The summed E-state index contributed by atoms with van der Waals surface area (Å²) in [6, 6.07) is 17.5. The number of aryl methyl sites for hydroxylation is 1. The quantitative estimate of drug-likeness (QED) is 0.884. The summed E-state index contributed by atoms with van der Waals surface area (Å²) in [5, 5.41) is 2.90. The van der Waals surface area contributed by atoms with E-state index >= 15 is 0 Å². The lowest BCUT2D eigenvalue weighted by molar-refractivity contribution is 0.0951. The molecule has 2 nitrogen and oxygen atoms in total. The lowest BCUT2D eigenvalue weighted by atomic mass is 10.1. The highest BCUT2D eigenvalue weighted by atomic mass is 16.1. The number of benzene rings is 2. The largest absolute Gasteiger partial charge is 0.348 e. The fourth-order valence-electron chi connectivity index (χ4n) is 1.67. The van der Waals surface area contributed by atoms with Crippen LogP contribution in [0.15, 0.2) is 54.6 Å². The fraction of sp³-hybridized carbons (Fsp3) is 0.235. The van der Waals surface area contributed by atoms with E-state index in [1.807, 2.05) is 75.4 Å². The molecule has 0 atom stereocenters. The van der Waals surface area contributed by atoms with E-state index in [-0.39, 0.29) is 5.91 Å². The third-order valence-corrected chi connectivity index (χ3v) is 2.58. The monoisotopic (exact) mass is 255 g/mol. The summed E-state index contributed by atoms with van der Waals surface area (Å²) in [4.78, 5) is 11.9. The summed E-state index contributed by atoms with van der Waals surface area (Å²) >= 11 is 0. The first-order valence-electron chi connectivity index (χ1n) is 6.64. The predicted octanol–water partition coefficient (Wildman–Crippen LogP) is 3.95. The highest BCUT2D eigenvalue weighted by Gasteiger charge is 2.04. The number of hydrogen-bond donors (Lipinski definition) is 1. The molecule has 0 aliphatic rings. The van der Waals surface area contributed by atoms with Crippen molar-refractivity contribution in [1.29, 1.82) is 0 Å². The average Bonchev–Trinajstić information content (AvgIpc) is 2.48. The molecule has 0 aliphatic carbocycles. The van der Waals surface area contributed by atoms with E-state index < -0.39 is 0 Å². The molecule has 2 heteroatoms. The topological polar surface area (TPSA) is 29.1 Å². The molecule has 0 aliphatic heterocycles. The van der Waals surface area contributed by atoms with Crippen molar-refractivity contribution in [2.45, 2.75) is 27.3 Å². The van der Waals surface area contributed by atoms with Crippen molar-refractivity contribution in [3.63, 3.8) is 0 Å². The van der Waals surface area contributed by atoms with Gasteiger partial charge in [-0.15, -0.1) is 0 Å². The van der Waals surface area contributed by atoms with E-state index in [0.717, 1.165) is 11.1 Å². The maximum Gasteiger partial charge on any atom is 0.251 e. The summed E-state index contributed by atoms with van der Waals surface area (Å²) in [6.07, 6.45) is 0. The van der Waals surface area contributed by atoms with E-state index in [9.17, 15) is 4.79 Å². The summed E-state index contributed by atoms with van der Waals surface area (Å²) < 4.78 is 0. The second kappa shape index (κ2) is 8.09. The molecule has 2 aromatic carbocycles. The second-order valence-corrected chi connectivity index (χ2v) is 4.04. The summed E-state index contributed by atoms with van der Waals surface area (Å²) in [6.45, 7) is 6.54. The van der Waals surface area contributed by atoms with Crippen LogP contribution in [0.3, 0.4) is 0 Å². The van der Waals surface area contributed by atoms with Gasteiger partial charge in [-0.1, -0.05) is 61.9 Å². The number of rotatable bonds is 3. The minimum absolute atomic E-state index is 0.0300. The van der Waals surface area contributed by atoms with Crippen LogP contribution in [0, 0.1) is 6.92 Å². The van der Waals surface area contributed by atoms with Crippen LogP contribution in [0.4, 0.5) is 0 Å². The molecule has 0 spiro atoms. The molecule has 0 heterocycles. The number of carbonyl (C=O) groups excluding carboxylic acids is 1. The van der Waals surface area contributed by atoms with Crippen molar-refractivity contribution >= 4 is 5.91 Å². The lowest BCUT2D eigenvalue weighted by Gasteiger charge is -2.05. The maximum atomic E-state index is 11.9. The minimum atomic E-state index is -0.0300. The number of nitrogens with one attached hydrogen (secondary N) is 1. The van der Waals surface area contributed by atoms with Gasteiger partial charge in [-0.25, -0.2) is 0 Å². The molecular weight excluding hydrogens is 234 g/mol. The third-order valence-electron chi connectivity index (χ3n) is 2.58. The molecule has 2 aromatic rings. The zero-order valence-corrected chi connectivity index (χ0v) is 11.8. The molecule has 2 rings (SSSR count). The van der Waals surface area contributed by atoms with Crippen LogP contribution < -0.4 is 5.32 Å². The Labute approximate surface area is 115 Å². The van der Waals surface area contributed by atoms with Gasteiger partial charge in [0.15, 0.2) is 0 Å². The molecule has 19 heavy (non-hydrogen) atoms. The molecule has 0 fully saturated rings. The smallest absolute Gasteiger partial charge is 0.251 e. The molecule has 1 amide bonds. The molecular formula is C17H21NO. The van der Waals surface area contributed by atoms with Gasteiger partial charge < -0.3 is 5.32 Å². The van der Waals surface area contributed by atoms with Crippen molar-refractivity contribution in [1.82, 2.24) is 5.32 Å². The Morgan fingerprint density at radius 2 is 1.68 bits per heavy atom. The molecule has 0 saturated carbocycles. The molecule has 0 aromatic heterocycles. The van der Waals surface area contributed by atoms with Gasteiger partial charge in [-0.3, -0.25) is 4.79 Å².